The third kappa shape index (κ3) is 5.33. The number of aromatic nitrogens is 3. The number of hydrogen-bond acceptors (Lipinski definition) is 6. The topological polar surface area (TPSA) is 92.3 Å². The van der Waals surface area contributed by atoms with Crippen molar-refractivity contribution in [2.24, 2.45) is 0 Å². The van der Waals surface area contributed by atoms with Crippen molar-refractivity contribution in [2.75, 3.05) is 35.7 Å². The molecule has 0 aliphatic rings. The van der Waals surface area contributed by atoms with Gasteiger partial charge in [0.2, 0.25) is 11.9 Å². The van der Waals surface area contributed by atoms with Crippen molar-refractivity contribution in [3.8, 4) is 6.01 Å². The van der Waals surface area contributed by atoms with Crippen LogP contribution in [-0.2, 0) is 0 Å². The lowest BCUT2D eigenvalue weighted by atomic mass is 10.3. The minimum absolute atomic E-state index is 0.0689. The van der Waals surface area contributed by atoms with E-state index in [1.54, 1.807) is 18.2 Å². The van der Waals surface area contributed by atoms with Gasteiger partial charge < -0.3 is 15.0 Å². The minimum Gasteiger partial charge on any atom is -0.467 e. The van der Waals surface area contributed by atoms with Crippen LogP contribution in [-0.4, -0.2) is 41.2 Å². The monoisotopic (exact) mass is 384 g/mol. The second-order valence-corrected chi connectivity index (χ2v) is 5.73. The molecule has 1 aromatic carbocycles. The van der Waals surface area contributed by atoms with E-state index in [4.69, 9.17) is 27.9 Å². The lowest BCUT2D eigenvalue weighted by molar-refractivity contribution is 0.262. The normalized spacial score (nSPS) is 10.3. The van der Waals surface area contributed by atoms with Crippen molar-refractivity contribution in [1.82, 2.24) is 15.0 Å². The summed E-state index contributed by atoms with van der Waals surface area (Å²) >= 11 is 11.8. The maximum absolute atomic E-state index is 12.2. The molecular formula is C15H18Cl2N6O2. The summed E-state index contributed by atoms with van der Waals surface area (Å²) in [5.41, 5.74) is 0.444. The Morgan fingerprint density at radius 3 is 2.28 bits per heavy atom. The van der Waals surface area contributed by atoms with Crippen molar-refractivity contribution in [2.45, 2.75) is 13.8 Å². The summed E-state index contributed by atoms with van der Waals surface area (Å²) in [4.78, 5) is 26.5. The average molecular weight is 385 g/mol. The van der Waals surface area contributed by atoms with E-state index in [0.29, 0.717) is 34.8 Å². The van der Waals surface area contributed by atoms with Crippen LogP contribution < -0.4 is 20.3 Å². The molecule has 0 atom stereocenters. The van der Waals surface area contributed by atoms with E-state index < -0.39 is 6.03 Å². The molecule has 134 valence electrons. The quantitative estimate of drug-likeness (QED) is 0.788. The van der Waals surface area contributed by atoms with E-state index >= 15 is 0 Å². The van der Waals surface area contributed by atoms with Crippen LogP contribution in [0.4, 0.5) is 22.4 Å². The molecule has 0 fully saturated rings. The Kier molecular flexibility index (Phi) is 6.60. The van der Waals surface area contributed by atoms with E-state index in [1.807, 2.05) is 18.7 Å². The molecule has 0 aliphatic heterocycles. The number of nitrogens with one attached hydrogen (secondary N) is 2. The van der Waals surface area contributed by atoms with Crippen molar-refractivity contribution in [3.05, 3.63) is 28.2 Å². The van der Waals surface area contributed by atoms with Gasteiger partial charge in [0.1, 0.15) is 0 Å². The van der Waals surface area contributed by atoms with Gasteiger partial charge in [-0.05, 0) is 32.0 Å². The Morgan fingerprint density at radius 2 is 1.72 bits per heavy atom. The number of benzene rings is 1. The van der Waals surface area contributed by atoms with Gasteiger partial charge in [0.15, 0.2) is 0 Å². The Bertz CT molecular complexity index is 735. The van der Waals surface area contributed by atoms with Gasteiger partial charge in [-0.15, -0.1) is 0 Å². The SMILES string of the molecule is CCN(CC)c1nc(NC(=O)Nc2cc(Cl)cc(Cl)c2)nc(OC)n1. The fourth-order valence-corrected chi connectivity index (χ4v) is 2.56. The van der Waals surface area contributed by atoms with Gasteiger partial charge in [0.05, 0.1) is 7.11 Å². The van der Waals surface area contributed by atoms with Crippen LogP contribution >= 0.6 is 23.2 Å². The molecular weight excluding hydrogens is 367 g/mol. The number of carbonyl (C=O) groups excluding carboxylic acids is 1. The van der Waals surface area contributed by atoms with Crippen LogP contribution in [0.1, 0.15) is 13.8 Å². The molecule has 2 amide bonds. The van der Waals surface area contributed by atoms with Crippen LogP contribution in [0.25, 0.3) is 0 Å². The zero-order chi connectivity index (χ0) is 18.4. The highest BCUT2D eigenvalue weighted by Crippen LogP contribution is 2.22. The van der Waals surface area contributed by atoms with E-state index in [9.17, 15) is 4.79 Å². The van der Waals surface area contributed by atoms with E-state index in [0.717, 1.165) is 0 Å². The van der Waals surface area contributed by atoms with Crippen LogP contribution in [0.15, 0.2) is 18.2 Å². The highest BCUT2D eigenvalue weighted by molar-refractivity contribution is 6.35. The third-order valence-electron chi connectivity index (χ3n) is 3.18. The lowest BCUT2D eigenvalue weighted by Gasteiger charge is -2.19. The number of ether oxygens (including phenoxy) is 1. The molecule has 2 N–H and O–H groups in total. The lowest BCUT2D eigenvalue weighted by Crippen LogP contribution is -2.26. The van der Waals surface area contributed by atoms with Gasteiger partial charge in [-0.25, -0.2) is 4.79 Å². The molecule has 0 bridgehead atoms. The smallest absolute Gasteiger partial charge is 0.326 e. The summed E-state index contributed by atoms with van der Waals surface area (Å²) in [7, 11) is 1.44. The Hall–Kier alpha value is -2.32. The maximum atomic E-state index is 12.2. The molecule has 0 aliphatic carbocycles. The predicted octanol–water partition coefficient (Wildman–Crippen LogP) is 3.68. The van der Waals surface area contributed by atoms with E-state index in [-0.39, 0.29) is 12.0 Å². The van der Waals surface area contributed by atoms with Crippen molar-refractivity contribution in [1.29, 1.82) is 0 Å². The van der Waals surface area contributed by atoms with Crippen molar-refractivity contribution in [3.63, 3.8) is 0 Å². The predicted molar refractivity (Wildman–Crippen MR) is 99.0 cm³/mol. The number of anilines is 3. The minimum atomic E-state index is -0.544. The molecule has 0 radical (unpaired) electrons. The first-order valence-corrected chi connectivity index (χ1v) is 8.29. The van der Waals surface area contributed by atoms with E-state index in [1.165, 1.54) is 7.11 Å². The molecule has 8 nitrogen and oxygen atoms in total. The van der Waals surface area contributed by atoms with Gasteiger partial charge in [-0.3, -0.25) is 5.32 Å². The Labute approximate surface area is 155 Å². The highest BCUT2D eigenvalue weighted by Gasteiger charge is 2.13. The fourth-order valence-electron chi connectivity index (χ4n) is 2.03. The second kappa shape index (κ2) is 8.68. The van der Waals surface area contributed by atoms with Crippen LogP contribution in [0.5, 0.6) is 6.01 Å². The van der Waals surface area contributed by atoms with Crippen LogP contribution in [0.3, 0.4) is 0 Å². The number of nitrogens with zero attached hydrogens (tertiary/aromatic N) is 4. The number of halogens is 2. The summed E-state index contributed by atoms with van der Waals surface area (Å²) in [5, 5.41) is 5.98. The number of amides is 2. The zero-order valence-electron chi connectivity index (χ0n) is 14.0. The number of rotatable bonds is 6. The molecule has 1 heterocycles. The molecule has 2 rings (SSSR count). The number of carbonyl (C=O) groups is 1. The molecule has 0 saturated carbocycles. The molecule has 0 saturated heterocycles. The number of hydrogen-bond donors (Lipinski definition) is 2. The average Bonchev–Trinajstić information content (AvgIpc) is 2.54. The van der Waals surface area contributed by atoms with Gasteiger partial charge in [-0.2, -0.15) is 15.0 Å². The first kappa shape index (κ1) is 19.0. The molecule has 10 heteroatoms. The standard InChI is InChI=1S/C15H18Cl2N6O2/c1-4-23(5-2)13-19-12(21-15(22-13)25-3)20-14(24)18-11-7-9(16)6-10(17)8-11/h6-8H,4-5H2,1-3H3,(H2,18,19,20,21,22,24). The largest absolute Gasteiger partial charge is 0.467 e. The van der Waals surface area contributed by atoms with Crippen molar-refractivity contribution >= 4 is 46.8 Å². The fraction of sp³-hybridized carbons (Fsp3) is 0.333. The Balaban J connectivity index is 2.17. The van der Waals surface area contributed by atoms with Gasteiger partial charge in [0, 0.05) is 28.8 Å². The molecule has 2 aromatic rings. The summed E-state index contributed by atoms with van der Waals surface area (Å²) in [6, 6.07) is 4.28. The van der Waals surface area contributed by atoms with Crippen molar-refractivity contribution < 1.29 is 9.53 Å². The third-order valence-corrected chi connectivity index (χ3v) is 3.61. The first-order valence-electron chi connectivity index (χ1n) is 7.54. The molecule has 25 heavy (non-hydrogen) atoms. The molecule has 1 aromatic heterocycles. The highest BCUT2D eigenvalue weighted by atomic mass is 35.5. The number of methoxy groups -OCH3 is 1. The molecule has 0 unspecified atom stereocenters. The zero-order valence-corrected chi connectivity index (χ0v) is 15.5. The van der Waals surface area contributed by atoms with Gasteiger partial charge >= 0.3 is 12.0 Å². The summed E-state index contributed by atoms with van der Waals surface area (Å²) in [6.07, 6.45) is 0. The number of urea groups is 1. The first-order chi connectivity index (χ1) is 11.9. The molecule has 0 spiro atoms. The van der Waals surface area contributed by atoms with E-state index in [2.05, 4.69) is 25.6 Å². The van der Waals surface area contributed by atoms with Gasteiger partial charge in [-0.1, -0.05) is 23.2 Å². The van der Waals surface area contributed by atoms with Crippen LogP contribution in [0.2, 0.25) is 10.0 Å². The summed E-state index contributed by atoms with van der Waals surface area (Å²) < 4.78 is 5.07. The summed E-state index contributed by atoms with van der Waals surface area (Å²) in [6.45, 7) is 5.36. The second-order valence-electron chi connectivity index (χ2n) is 4.86. The summed E-state index contributed by atoms with van der Waals surface area (Å²) in [5.74, 6) is 0.484. The van der Waals surface area contributed by atoms with Gasteiger partial charge in [0.25, 0.3) is 0 Å². The Morgan fingerprint density at radius 1 is 1.08 bits per heavy atom. The van der Waals surface area contributed by atoms with Crippen LogP contribution in [0, 0.1) is 0 Å². The maximum Gasteiger partial charge on any atom is 0.326 e.